The van der Waals surface area contributed by atoms with E-state index in [1.807, 2.05) is 0 Å². The van der Waals surface area contributed by atoms with Crippen LogP contribution in [-0.2, 0) is 14.8 Å². The molecule has 3 aromatic rings. The van der Waals surface area contributed by atoms with Gasteiger partial charge >= 0.3 is 0 Å². The van der Waals surface area contributed by atoms with E-state index in [-0.39, 0.29) is 40.1 Å². The molecule has 0 bridgehead atoms. The van der Waals surface area contributed by atoms with Crippen LogP contribution in [0.15, 0.2) is 18.7 Å². The molecule has 3 aromatic heterocycles. The summed E-state index contributed by atoms with van der Waals surface area (Å²) in [5, 5.41) is 7.22. The maximum Gasteiger partial charge on any atom is 0.245 e. The van der Waals surface area contributed by atoms with Gasteiger partial charge in [-0.25, -0.2) is 22.8 Å². The zero-order valence-corrected chi connectivity index (χ0v) is 21.4. The fraction of sp³-hybridized carbons (Fsp3) is 0.500. The molecule has 3 heterocycles. The molecule has 194 valence electrons. The highest BCUT2D eigenvalue weighted by Gasteiger charge is 2.40. The van der Waals surface area contributed by atoms with Crippen molar-refractivity contribution in [3.8, 4) is 17.4 Å². The minimum atomic E-state index is -4.19. The molecule has 1 N–H and O–H groups in total. The second-order valence-electron chi connectivity index (χ2n) is 7.93. The summed E-state index contributed by atoms with van der Waals surface area (Å²) in [6.07, 6.45) is 2.54. The van der Waals surface area contributed by atoms with Crippen molar-refractivity contribution in [1.29, 1.82) is 0 Å². The van der Waals surface area contributed by atoms with Crippen LogP contribution in [0.5, 0.6) is 11.8 Å². The third kappa shape index (κ3) is 4.77. The number of methoxy groups -OCH3 is 3. The third-order valence-corrected chi connectivity index (χ3v) is 7.76. The lowest BCUT2D eigenvalue weighted by Gasteiger charge is -2.30. The van der Waals surface area contributed by atoms with Crippen molar-refractivity contribution >= 4 is 27.6 Å². The van der Waals surface area contributed by atoms with Crippen LogP contribution < -0.4 is 14.2 Å². The lowest BCUT2D eigenvalue weighted by molar-refractivity contribution is 0.0950. The Kier molecular flexibility index (Phi) is 7.51. The van der Waals surface area contributed by atoms with E-state index in [2.05, 4.69) is 34.9 Å². The van der Waals surface area contributed by atoms with Crippen molar-refractivity contribution in [1.82, 2.24) is 34.7 Å². The molecule has 1 saturated carbocycles. The summed E-state index contributed by atoms with van der Waals surface area (Å²) in [4.78, 5) is 16.3. The van der Waals surface area contributed by atoms with Crippen LogP contribution in [0.4, 0.5) is 10.3 Å². The van der Waals surface area contributed by atoms with Crippen molar-refractivity contribution in [3.05, 3.63) is 35.4 Å². The van der Waals surface area contributed by atoms with Gasteiger partial charge in [0.25, 0.3) is 0 Å². The van der Waals surface area contributed by atoms with Crippen molar-refractivity contribution in [2.45, 2.75) is 43.2 Å². The van der Waals surface area contributed by atoms with Gasteiger partial charge in [0, 0.05) is 19.5 Å². The Hall–Kier alpha value is -3.17. The van der Waals surface area contributed by atoms with Gasteiger partial charge < -0.3 is 14.2 Å². The van der Waals surface area contributed by atoms with E-state index in [0.717, 1.165) is 0 Å². The second kappa shape index (κ2) is 10.4. The summed E-state index contributed by atoms with van der Waals surface area (Å²) in [5.74, 6) is -0.441. The van der Waals surface area contributed by atoms with Gasteiger partial charge in [-0.15, -0.1) is 10.2 Å². The number of anilines is 1. The van der Waals surface area contributed by atoms with Gasteiger partial charge in [0.05, 0.1) is 25.2 Å². The van der Waals surface area contributed by atoms with E-state index in [9.17, 15) is 12.8 Å². The van der Waals surface area contributed by atoms with Gasteiger partial charge in [0.15, 0.2) is 11.5 Å². The minimum Gasteiger partial charge on any atom is -0.479 e. The molecule has 1 aliphatic carbocycles. The molecule has 13 nitrogen and oxygen atoms in total. The highest BCUT2D eigenvalue weighted by atomic mass is 35.5. The molecule has 4 atom stereocenters. The van der Waals surface area contributed by atoms with Gasteiger partial charge in [0.2, 0.25) is 27.7 Å². The van der Waals surface area contributed by atoms with Gasteiger partial charge in [-0.05, 0) is 19.8 Å². The lowest BCUT2D eigenvalue weighted by Crippen LogP contribution is -2.34. The molecule has 0 aliphatic heterocycles. The number of hydrogen-bond donors (Lipinski definition) is 1. The Labute approximate surface area is 211 Å². The first kappa shape index (κ1) is 25.9. The van der Waals surface area contributed by atoms with Crippen LogP contribution in [0.25, 0.3) is 5.69 Å². The van der Waals surface area contributed by atoms with Crippen LogP contribution in [0.2, 0.25) is 5.02 Å². The standard InChI is InChI=1S/C20H24ClFN8O5S/c1-10(15(33-2)16-23-7-11(21)8-24-16)36(31,32)29-20-28-27-17(12-5-6-13(12)22)30(20)14-18(34-3)25-9-26-19(14)35-4/h7-10,12-13,15H,5-6H2,1-4H3,(H,28,29)/t10-,12?,13?,15-/m0/s1. The summed E-state index contributed by atoms with van der Waals surface area (Å²) in [7, 11) is -0.111. The highest BCUT2D eigenvalue weighted by molar-refractivity contribution is 7.93. The Bertz CT molecular complexity index is 1300. The van der Waals surface area contributed by atoms with E-state index in [0.29, 0.717) is 12.8 Å². The van der Waals surface area contributed by atoms with E-state index in [4.69, 9.17) is 25.8 Å². The zero-order chi connectivity index (χ0) is 26.0. The molecule has 0 spiro atoms. The van der Waals surface area contributed by atoms with Crippen LogP contribution in [0.1, 0.15) is 43.4 Å². The number of halogens is 2. The number of ether oxygens (including phenoxy) is 3. The number of alkyl halides is 1. The monoisotopic (exact) mass is 542 g/mol. The predicted octanol–water partition coefficient (Wildman–Crippen LogP) is 2.25. The molecule has 16 heteroatoms. The molecule has 0 saturated heterocycles. The summed E-state index contributed by atoms with van der Waals surface area (Å²) < 4.78 is 61.1. The number of aromatic nitrogens is 7. The fourth-order valence-corrected chi connectivity index (χ4v) is 5.00. The van der Waals surface area contributed by atoms with Crippen LogP contribution in [-0.4, -0.2) is 75.9 Å². The van der Waals surface area contributed by atoms with Crippen LogP contribution in [0, 0.1) is 0 Å². The maximum absolute atomic E-state index is 14.4. The lowest BCUT2D eigenvalue weighted by atomic mass is 9.82. The van der Waals surface area contributed by atoms with Crippen LogP contribution >= 0.6 is 11.6 Å². The maximum atomic E-state index is 14.4. The van der Waals surface area contributed by atoms with E-state index >= 15 is 0 Å². The number of nitrogens with one attached hydrogen (secondary N) is 1. The number of nitrogens with zero attached hydrogens (tertiary/aromatic N) is 7. The second-order valence-corrected chi connectivity index (χ2v) is 10.4. The van der Waals surface area contributed by atoms with E-state index < -0.39 is 33.5 Å². The first-order chi connectivity index (χ1) is 17.2. The number of sulfonamides is 1. The molecule has 36 heavy (non-hydrogen) atoms. The summed E-state index contributed by atoms with van der Waals surface area (Å²) in [5.41, 5.74) is 0.122. The van der Waals surface area contributed by atoms with Crippen molar-refractivity contribution < 1.29 is 27.0 Å². The van der Waals surface area contributed by atoms with E-state index in [1.54, 1.807) is 0 Å². The summed E-state index contributed by atoms with van der Waals surface area (Å²) in [6.45, 7) is 1.42. The molecular weight excluding hydrogens is 519 g/mol. The molecule has 2 unspecified atom stereocenters. The first-order valence-corrected chi connectivity index (χ1v) is 12.7. The topological polar surface area (TPSA) is 156 Å². The van der Waals surface area contributed by atoms with Crippen LogP contribution in [0.3, 0.4) is 0 Å². The zero-order valence-electron chi connectivity index (χ0n) is 19.8. The average molecular weight is 543 g/mol. The highest BCUT2D eigenvalue weighted by Crippen LogP contribution is 2.42. The number of rotatable bonds is 10. The van der Waals surface area contributed by atoms with Gasteiger partial charge in [-0.1, -0.05) is 11.6 Å². The molecule has 0 aromatic carbocycles. The first-order valence-electron chi connectivity index (χ1n) is 10.8. The van der Waals surface area contributed by atoms with Gasteiger partial charge in [0.1, 0.15) is 29.7 Å². The summed E-state index contributed by atoms with van der Waals surface area (Å²) in [6, 6.07) is 0. The fourth-order valence-electron chi connectivity index (χ4n) is 3.77. The predicted molar refractivity (Wildman–Crippen MR) is 126 cm³/mol. The van der Waals surface area contributed by atoms with Gasteiger partial charge in [-0.3, -0.25) is 9.29 Å². The quantitative estimate of drug-likeness (QED) is 0.400. The Balaban J connectivity index is 1.78. The molecule has 1 aliphatic rings. The molecule has 4 rings (SSSR count). The molecule has 0 amide bonds. The normalized spacial score (nSPS) is 19.3. The van der Waals surface area contributed by atoms with E-state index in [1.165, 1.54) is 51.5 Å². The Morgan fingerprint density at radius 3 is 2.22 bits per heavy atom. The third-order valence-electron chi connectivity index (χ3n) is 5.87. The van der Waals surface area contributed by atoms with Crippen molar-refractivity contribution in [3.63, 3.8) is 0 Å². The van der Waals surface area contributed by atoms with Gasteiger partial charge in [-0.2, -0.15) is 9.97 Å². The molecule has 1 fully saturated rings. The minimum absolute atomic E-state index is 0.0514. The molecule has 0 radical (unpaired) electrons. The summed E-state index contributed by atoms with van der Waals surface area (Å²) >= 11 is 5.84. The Morgan fingerprint density at radius 2 is 1.72 bits per heavy atom. The Morgan fingerprint density at radius 1 is 1.08 bits per heavy atom. The SMILES string of the molecule is COc1ncnc(OC)c1-n1c(NS(=O)(=O)[C@@H](C)[C@H](OC)c2ncc(Cl)cn2)nnc1C1CCC1F. The van der Waals surface area contributed by atoms with Crippen molar-refractivity contribution in [2.75, 3.05) is 26.1 Å². The molecular formula is C20H24ClFN8O5S. The smallest absolute Gasteiger partial charge is 0.245 e. The number of hydrogen-bond acceptors (Lipinski definition) is 11. The van der Waals surface area contributed by atoms with Crippen molar-refractivity contribution in [2.24, 2.45) is 0 Å². The average Bonchev–Trinajstić information content (AvgIpc) is 3.24. The largest absolute Gasteiger partial charge is 0.479 e.